The van der Waals surface area contributed by atoms with Crippen molar-refractivity contribution in [2.45, 2.75) is 6.92 Å². The Hall–Kier alpha value is -3.00. The number of carbonyl (C=O) groups is 1. The van der Waals surface area contributed by atoms with Gasteiger partial charge in [0.2, 0.25) is 0 Å². The molecule has 0 aliphatic carbocycles. The second-order valence-electron chi connectivity index (χ2n) is 5.54. The fourth-order valence-corrected chi connectivity index (χ4v) is 3.29. The van der Waals surface area contributed by atoms with Crippen LogP contribution in [0.2, 0.25) is 0 Å². The summed E-state index contributed by atoms with van der Waals surface area (Å²) in [7, 11) is 0. The summed E-state index contributed by atoms with van der Waals surface area (Å²) < 4.78 is 32.4. The zero-order valence-electron chi connectivity index (χ0n) is 13.4. The molecule has 4 rings (SSSR count). The van der Waals surface area contributed by atoms with E-state index in [0.29, 0.717) is 16.4 Å². The molecule has 1 fully saturated rings. The molecule has 3 aromatic rings. The van der Waals surface area contributed by atoms with Gasteiger partial charge >= 0.3 is 0 Å². The van der Waals surface area contributed by atoms with Gasteiger partial charge in [0.05, 0.1) is 4.91 Å². The van der Waals surface area contributed by atoms with Crippen LogP contribution < -0.4 is 5.32 Å². The number of benzene rings is 2. The number of oxazole rings is 1. The first-order valence-electron chi connectivity index (χ1n) is 7.60. The molecule has 26 heavy (non-hydrogen) atoms. The monoisotopic (exact) mass is 371 g/mol. The minimum atomic E-state index is -0.669. The summed E-state index contributed by atoms with van der Waals surface area (Å²) in [5, 5.41) is 2.72. The SMILES string of the molecule is Cc1nc2ccc(/C=C3\SC(=Nc4cc(F)ccc4F)NC3=O)cc2o1. The predicted molar refractivity (Wildman–Crippen MR) is 95.9 cm³/mol. The predicted octanol–water partition coefficient (Wildman–Crippen LogP) is 4.31. The quantitative estimate of drug-likeness (QED) is 0.682. The number of carbonyl (C=O) groups excluding carboxylic acids is 1. The van der Waals surface area contributed by atoms with E-state index in [0.717, 1.165) is 41.0 Å². The molecule has 1 N–H and O–H groups in total. The van der Waals surface area contributed by atoms with E-state index in [2.05, 4.69) is 15.3 Å². The van der Waals surface area contributed by atoms with Gasteiger partial charge in [0.1, 0.15) is 22.8 Å². The van der Waals surface area contributed by atoms with E-state index in [1.807, 2.05) is 6.07 Å². The highest BCUT2D eigenvalue weighted by Crippen LogP contribution is 2.30. The van der Waals surface area contributed by atoms with Gasteiger partial charge in [-0.3, -0.25) is 4.79 Å². The van der Waals surface area contributed by atoms with E-state index in [1.165, 1.54) is 0 Å². The molecule has 1 saturated heterocycles. The first-order valence-corrected chi connectivity index (χ1v) is 8.41. The smallest absolute Gasteiger partial charge is 0.264 e. The number of aromatic nitrogens is 1. The third-order valence-corrected chi connectivity index (χ3v) is 4.51. The normalized spacial score (nSPS) is 17.4. The van der Waals surface area contributed by atoms with Gasteiger partial charge in [0.15, 0.2) is 16.6 Å². The van der Waals surface area contributed by atoms with Crippen molar-refractivity contribution >= 4 is 45.7 Å². The molecule has 0 atom stereocenters. The van der Waals surface area contributed by atoms with Crippen LogP contribution in [0.25, 0.3) is 17.2 Å². The number of nitrogens with zero attached hydrogens (tertiary/aromatic N) is 2. The van der Waals surface area contributed by atoms with Crippen molar-refractivity contribution in [2.24, 2.45) is 4.99 Å². The van der Waals surface area contributed by atoms with Crippen LogP contribution in [0, 0.1) is 18.6 Å². The highest BCUT2D eigenvalue weighted by Gasteiger charge is 2.24. The fourth-order valence-electron chi connectivity index (χ4n) is 2.46. The van der Waals surface area contributed by atoms with Crippen molar-refractivity contribution in [2.75, 3.05) is 0 Å². The molecular formula is C18H11F2N3O2S. The minimum Gasteiger partial charge on any atom is -0.441 e. The topological polar surface area (TPSA) is 67.5 Å². The van der Waals surface area contributed by atoms with E-state index in [4.69, 9.17) is 4.42 Å². The lowest BCUT2D eigenvalue weighted by Gasteiger charge is -1.98. The number of amides is 1. The summed E-state index contributed by atoms with van der Waals surface area (Å²) in [5.41, 5.74) is 1.94. The molecule has 8 heteroatoms. The number of hydrogen-bond acceptors (Lipinski definition) is 5. The molecule has 1 aliphatic rings. The highest BCUT2D eigenvalue weighted by atomic mass is 32.2. The maximum absolute atomic E-state index is 13.7. The third-order valence-electron chi connectivity index (χ3n) is 3.60. The Morgan fingerprint density at radius 2 is 2.08 bits per heavy atom. The number of amidine groups is 1. The number of halogens is 2. The van der Waals surface area contributed by atoms with Gasteiger partial charge < -0.3 is 9.73 Å². The van der Waals surface area contributed by atoms with Crippen molar-refractivity contribution in [3.8, 4) is 0 Å². The Morgan fingerprint density at radius 3 is 2.92 bits per heavy atom. The molecule has 0 spiro atoms. The highest BCUT2D eigenvalue weighted by molar-refractivity contribution is 8.18. The van der Waals surface area contributed by atoms with Crippen molar-refractivity contribution < 1.29 is 18.0 Å². The summed E-state index contributed by atoms with van der Waals surface area (Å²) in [6.45, 7) is 1.76. The van der Waals surface area contributed by atoms with Gasteiger partial charge in [-0.15, -0.1) is 0 Å². The number of fused-ring (bicyclic) bond motifs is 1. The van der Waals surface area contributed by atoms with Crippen molar-refractivity contribution in [3.63, 3.8) is 0 Å². The van der Waals surface area contributed by atoms with Crippen LogP contribution in [0.1, 0.15) is 11.5 Å². The van der Waals surface area contributed by atoms with Crippen LogP contribution in [0.5, 0.6) is 0 Å². The summed E-state index contributed by atoms with van der Waals surface area (Å²) in [5.74, 6) is -1.08. The number of nitrogens with one attached hydrogen (secondary N) is 1. The molecular weight excluding hydrogens is 360 g/mol. The Morgan fingerprint density at radius 1 is 1.23 bits per heavy atom. The maximum atomic E-state index is 13.7. The molecule has 0 radical (unpaired) electrons. The Bertz CT molecular complexity index is 1110. The number of aryl methyl sites for hydroxylation is 1. The Labute approximate surface area is 150 Å². The van der Waals surface area contributed by atoms with Gasteiger partial charge in [0.25, 0.3) is 5.91 Å². The summed E-state index contributed by atoms with van der Waals surface area (Å²) in [6, 6.07) is 8.35. The Balaban J connectivity index is 1.63. The summed E-state index contributed by atoms with van der Waals surface area (Å²) in [4.78, 5) is 20.7. The van der Waals surface area contributed by atoms with Crippen molar-refractivity contribution in [1.82, 2.24) is 10.3 Å². The lowest BCUT2D eigenvalue weighted by Crippen LogP contribution is -2.19. The number of thioether (sulfide) groups is 1. The standard InChI is InChI=1S/C18H11F2N3O2S/c1-9-21-13-5-2-10(6-15(13)25-9)7-16-17(24)23-18(26-16)22-14-8-11(19)3-4-12(14)20/h2-8H,1H3,(H,22,23,24)/b16-7-. The lowest BCUT2D eigenvalue weighted by atomic mass is 10.2. The van der Waals surface area contributed by atoms with Gasteiger partial charge in [-0.1, -0.05) is 6.07 Å². The van der Waals surface area contributed by atoms with E-state index >= 15 is 0 Å². The van der Waals surface area contributed by atoms with Gasteiger partial charge in [-0.05, 0) is 47.7 Å². The summed E-state index contributed by atoms with van der Waals surface area (Å²) >= 11 is 1.05. The maximum Gasteiger partial charge on any atom is 0.264 e. The van der Waals surface area contributed by atoms with Crippen LogP contribution >= 0.6 is 11.8 Å². The molecule has 1 aliphatic heterocycles. The van der Waals surface area contributed by atoms with Crippen LogP contribution in [0.3, 0.4) is 0 Å². The number of rotatable bonds is 2. The molecule has 130 valence electrons. The molecule has 0 unspecified atom stereocenters. The van der Waals surface area contributed by atoms with E-state index < -0.39 is 11.6 Å². The molecule has 1 amide bonds. The van der Waals surface area contributed by atoms with Crippen molar-refractivity contribution in [3.05, 3.63) is 64.4 Å². The average Bonchev–Trinajstić information content (AvgIpc) is 3.12. The molecule has 2 aromatic carbocycles. The second kappa shape index (κ2) is 6.38. The lowest BCUT2D eigenvalue weighted by molar-refractivity contribution is -0.115. The molecule has 5 nitrogen and oxygen atoms in total. The van der Waals surface area contributed by atoms with Gasteiger partial charge in [-0.25, -0.2) is 18.8 Å². The van der Waals surface area contributed by atoms with Crippen LogP contribution in [-0.4, -0.2) is 16.1 Å². The van der Waals surface area contributed by atoms with Crippen LogP contribution in [0.15, 0.2) is 50.7 Å². The molecule has 1 aromatic heterocycles. The van der Waals surface area contributed by atoms with E-state index in [-0.39, 0.29) is 16.8 Å². The zero-order valence-corrected chi connectivity index (χ0v) is 14.2. The van der Waals surface area contributed by atoms with Crippen molar-refractivity contribution in [1.29, 1.82) is 0 Å². The third kappa shape index (κ3) is 3.23. The molecule has 2 heterocycles. The van der Waals surface area contributed by atoms with E-state index in [1.54, 1.807) is 25.1 Å². The number of aliphatic imine (C=N–C) groups is 1. The Kier molecular flexibility index (Phi) is 4.04. The van der Waals surface area contributed by atoms with Gasteiger partial charge in [0, 0.05) is 13.0 Å². The summed E-state index contributed by atoms with van der Waals surface area (Å²) in [6.07, 6.45) is 1.67. The van der Waals surface area contributed by atoms with Gasteiger partial charge in [-0.2, -0.15) is 0 Å². The fraction of sp³-hybridized carbons (Fsp3) is 0.0556. The minimum absolute atomic E-state index is 0.174. The molecule has 0 bridgehead atoms. The van der Waals surface area contributed by atoms with E-state index in [9.17, 15) is 13.6 Å². The first kappa shape index (κ1) is 16.5. The average molecular weight is 371 g/mol. The zero-order chi connectivity index (χ0) is 18.3. The molecule has 0 saturated carbocycles. The second-order valence-corrected chi connectivity index (χ2v) is 6.57. The number of hydrogen-bond donors (Lipinski definition) is 1. The van der Waals surface area contributed by atoms with Crippen LogP contribution in [-0.2, 0) is 4.79 Å². The van der Waals surface area contributed by atoms with Crippen LogP contribution in [0.4, 0.5) is 14.5 Å². The first-order chi connectivity index (χ1) is 12.5. The largest absolute Gasteiger partial charge is 0.441 e.